The van der Waals surface area contributed by atoms with Gasteiger partial charge in [0.15, 0.2) is 0 Å². The summed E-state index contributed by atoms with van der Waals surface area (Å²) in [6.07, 6.45) is 0.904. The van der Waals surface area contributed by atoms with Crippen LogP contribution in [0.25, 0.3) is 0 Å². The van der Waals surface area contributed by atoms with Crippen molar-refractivity contribution < 1.29 is 12.8 Å². The van der Waals surface area contributed by atoms with Crippen molar-refractivity contribution in [1.29, 1.82) is 0 Å². The summed E-state index contributed by atoms with van der Waals surface area (Å²) in [6, 6.07) is 13.2. The zero-order valence-corrected chi connectivity index (χ0v) is 15.2. The third kappa shape index (κ3) is 5.17. The molecule has 134 valence electrons. The first-order valence-corrected chi connectivity index (χ1v) is 10.2. The second-order valence-corrected chi connectivity index (χ2v) is 8.55. The topological polar surface area (TPSA) is 49.4 Å². The SMILES string of the molecule is O=S(=O)(Cc1ccc(Cl)cc1)NCC1CCN(c2ccc(F)cc2)C1. The molecule has 2 aromatic carbocycles. The quantitative estimate of drug-likeness (QED) is 0.832. The van der Waals surface area contributed by atoms with Gasteiger partial charge < -0.3 is 4.90 Å². The Labute approximate surface area is 152 Å². The van der Waals surface area contributed by atoms with Crippen molar-refractivity contribution in [2.45, 2.75) is 12.2 Å². The Bertz CT molecular complexity index is 810. The Kier molecular flexibility index (Phi) is 5.61. The highest BCUT2D eigenvalue weighted by Gasteiger charge is 2.24. The maximum atomic E-state index is 13.0. The molecule has 0 spiro atoms. The van der Waals surface area contributed by atoms with Gasteiger partial charge >= 0.3 is 0 Å². The van der Waals surface area contributed by atoms with Crippen molar-refractivity contribution >= 4 is 27.3 Å². The van der Waals surface area contributed by atoms with Crippen LogP contribution in [0.2, 0.25) is 5.02 Å². The molecular weight excluding hydrogens is 363 g/mol. The Balaban J connectivity index is 1.51. The lowest BCUT2D eigenvalue weighted by molar-refractivity contribution is 0.541. The molecule has 1 fully saturated rings. The molecule has 1 aliphatic rings. The molecule has 0 bridgehead atoms. The van der Waals surface area contributed by atoms with Crippen LogP contribution in [-0.4, -0.2) is 28.1 Å². The molecule has 3 rings (SSSR count). The maximum Gasteiger partial charge on any atom is 0.215 e. The molecule has 0 amide bonds. The summed E-state index contributed by atoms with van der Waals surface area (Å²) < 4.78 is 40.2. The molecular formula is C18H20ClFN2O2S. The molecule has 1 N–H and O–H groups in total. The summed E-state index contributed by atoms with van der Waals surface area (Å²) in [5.74, 6) is -0.0713. The van der Waals surface area contributed by atoms with Gasteiger partial charge in [-0.05, 0) is 54.3 Å². The number of hydrogen-bond acceptors (Lipinski definition) is 3. The fraction of sp³-hybridized carbons (Fsp3) is 0.333. The highest BCUT2D eigenvalue weighted by atomic mass is 35.5. The lowest BCUT2D eigenvalue weighted by Gasteiger charge is -2.19. The van der Waals surface area contributed by atoms with Crippen LogP contribution in [-0.2, 0) is 15.8 Å². The second-order valence-electron chi connectivity index (χ2n) is 6.31. The number of nitrogens with one attached hydrogen (secondary N) is 1. The molecule has 1 unspecified atom stereocenters. The number of rotatable bonds is 6. The first-order chi connectivity index (χ1) is 11.9. The van der Waals surface area contributed by atoms with Crippen LogP contribution >= 0.6 is 11.6 Å². The van der Waals surface area contributed by atoms with Gasteiger partial charge in [0.1, 0.15) is 5.82 Å². The van der Waals surface area contributed by atoms with Crippen molar-refractivity contribution in [2.24, 2.45) is 5.92 Å². The first-order valence-electron chi connectivity index (χ1n) is 8.13. The summed E-state index contributed by atoms with van der Waals surface area (Å²) in [4.78, 5) is 2.15. The van der Waals surface area contributed by atoms with Gasteiger partial charge in [-0.1, -0.05) is 23.7 Å². The van der Waals surface area contributed by atoms with E-state index in [1.165, 1.54) is 12.1 Å². The fourth-order valence-corrected chi connectivity index (χ4v) is 4.33. The van der Waals surface area contributed by atoms with Crippen molar-refractivity contribution in [3.05, 3.63) is 64.9 Å². The third-order valence-corrected chi connectivity index (χ3v) is 5.91. The van der Waals surface area contributed by atoms with E-state index in [9.17, 15) is 12.8 Å². The Hall–Kier alpha value is -1.63. The van der Waals surface area contributed by atoms with E-state index in [1.807, 2.05) is 0 Å². The first kappa shape index (κ1) is 18.2. The van der Waals surface area contributed by atoms with Gasteiger partial charge in [0.2, 0.25) is 10.0 Å². The molecule has 0 radical (unpaired) electrons. The second kappa shape index (κ2) is 7.72. The van der Waals surface area contributed by atoms with Crippen LogP contribution in [0, 0.1) is 11.7 Å². The summed E-state index contributed by atoms with van der Waals surface area (Å²) in [6.45, 7) is 2.01. The predicted octanol–water partition coefficient (Wildman–Crippen LogP) is 3.43. The number of nitrogens with zero attached hydrogens (tertiary/aromatic N) is 1. The molecule has 0 aromatic heterocycles. The van der Waals surface area contributed by atoms with E-state index in [4.69, 9.17) is 11.6 Å². The highest BCUT2D eigenvalue weighted by Crippen LogP contribution is 2.23. The average molecular weight is 383 g/mol. The predicted molar refractivity (Wildman–Crippen MR) is 98.8 cm³/mol. The van der Waals surface area contributed by atoms with E-state index in [2.05, 4.69) is 9.62 Å². The molecule has 4 nitrogen and oxygen atoms in total. The number of anilines is 1. The Morgan fingerprint density at radius 1 is 1.12 bits per heavy atom. The van der Waals surface area contributed by atoms with E-state index >= 15 is 0 Å². The van der Waals surface area contributed by atoms with Crippen LogP contribution in [0.15, 0.2) is 48.5 Å². The lowest BCUT2D eigenvalue weighted by atomic mass is 10.1. The number of sulfonamides is 1. The zero-order valence-electron chi connectivity index (χ0n) is 13.7. The fourth-order valence-electron chi connectivity index (χ4n) is 2.98. The smallest absolute Gasteiger partial charge is 0.215 e. The molecule has 1 atom stereocenters. The van der Waals surface area contributed by atoms with Crippen LogP contribution in [0.3, 0.4) is 0 Å². The number of halogens is 2. The standard InChI is InChI=1S/C18H20ClFN2O2S/c19-16-3-1-14(2-4-16)13-25(23,24)21-11-15-9-10-22(12-15)18-7-5-17(20)6-8-18/h1-8,15,21H,9-13H2. The van der Waals surface area contributed by atoms with Gasteiger partial charge in [-0.3, -0.25) is 0 Å². The summed E-state index contributed by atoms with van der Waals surface area (Å²) in [5.41, 5.74) is 1.67. The minimum Gasteiger partial charge on any atom is -0.371 e. The highest BCUT2D eigenvalue weighted by molar-refractivity contribution is 7.88. The van der Waals surface area contributed by atoms with Crippen molar-refractivity contribution in [2.75, 3.05) is 24.5 Å². The monoisotopic (exact) mass is 382 g/mol. The van der Waals surface area contributed by atoms with Crippen LogP contribution in [0.4, 0.5) is 10.1 Å². The minimum absolute atomic E-state index is 0.0570. The van der Waals surface area contributed by atoms with Gasteiger partial charge in [0.05, 0.1) is 5.75 Å². The maximum absolute atomic E-state index is 13.0. The minimum atomic E-state index is -3.38. The summed E-state index contributed by atoms with van der Waals surface area (Å²) in [7, 11) is -3.38. The lowest BCUT2D eigenvalue weighted by Crippen LogP contribution is -2.31. The van der Waals surface area contributed by atoms with Crippen molar-refractivity contribution in [3.63, 3.8) is 0 Å². The molecule has 1 heterocycles. The molecule has 1 saturated heterocycles. The van der Waals surface area contributed by atoms with Gasteiger partial charge in [-0.25, -0.2) is 17.5 Å². The molecule has 1 aliphatic heterocycles. The van der Waals surface area contributed by atoms with E-state index < -0.39 is 10.0 Å². The van der Waals surface area contributed by atoms with Crippen LogP contribution in [0.5, 0.6) is 0 Å². The van der Waals surface area contributed by atoms with Gasteiger partial charge in [-0.15, -0.1) is 0 Å². The van der Waals surface area contributed by atoms with Crippen LogP contribution in [0.1, 0.15) is 12.0 Å². The molecule has 25 heavy (non-hydrogen) atoms. The van der Waals surface area contributed by atoms with Gasteiger partial charge in [0, 0.05) is 30.3 Å². The molecule has 2 aromatic rings. The Morgan fingerprint density at radius 2 is 1.80 bits per heavy atom. The van der Waals surface area contributed by atoms with Gasteiger partial charge in [-0.2, -0.15) is 0 Å². The largest absolute Gasteiger partial charge is 0.371 e. The zero-order chi connectivity index (χ0) is 17.9. The normalized spacial score (nSPS) is 17.8. The van der Waals surface area contributed by atoms with E-state index in [0.29, 0.717) is 17.1 Å². The van der Waals surface area contributed by atoms with Gasteiger partial charge in [0.25, 0.3) is 0 Å². The molecule has 7 heteroatoms. The van der Waals surface area contributed by atoms with Crippen molar-refractivity contribution in [3.8, 4) is 0 Å². The van der Waals surface area contributed by atoms with Crippen molar-refractivity contribution in [1.82, 2.24) is 4.72 Å². The molecule has 0 aliphatic carbocycles. The number of benzene rings is 2. The van der Waals surface area contributed by atoms with Crippen LogP contribution < -0.4 is 9.62 Å². The molecule has 0 saturated carbocycles. The van der Waals surface area contributed by atoms with E-state index in [-0.39, 0.29) is 17.5 Å². The third-order valence-electron chi connectivity index (χ3n) is 4.34. The number of hydrogen-bond donors (Lipinski definition) is 1. The Morgan fingerprint density at radius 3 is 2.48 bits per heavy atom. The summed E-state index contributed by atoms with van der Waals surface area (Å²) in [5, 5.41) is 0.584. The van der Waals surface area contributed by atoms with E-state index in [0.717, 1.165) is 25.2 Å². The summed E-state index contributed by atoms with van der Waals surface area (Å²) >= 11 is 5.81. The van der Waals surface area contributed by atoms with E-state index in [1.54, 1.807) is 36.4 Å². The average Bonchev–Trinajstić information content (AvgIpc) is 3.05.